The molecule has 1 heterocycles. The second-order valence-corrected chi connectivity index (χ2v) is 7.23. The number of ether oxygens (including phenoxy) is 1. The molecule has 0 spiro atoms. The Kier molecular flexibility index (Phi) is 5.54. The first kappa shape index (κ1) is 18.7. The summed E-state index contributed by atoms with van der Waals surface area (Å²) in [5, 5.41) is 0. The van der Waals surface area contributed by atoms with Gasteiger partial charge in [-0.1, -0.05) is 12.1 Å². The SMILES string of the molecule is CCOC(=O)C1CCCCN1S(=O)(=O)c1ccccc1C(F)(F)F. The maximum absolute atomic E-state index is 13.1. The van der Waals surface area contributed by atoms with Crippen molar-refractivity contribution in [2.24, 2.45) is 0 Å². The molecule has 24 heavy (non-hydrogen) atoms. The zero-order chi connectivity index (χ0) is 18.0. The minimum absolute atomic E-state index is 0.0159. The van der Waals surface area contributed by atoms with Crippen LogP contribution >= 0.6 is 0 Å². The van der Waals surface area contributed by atoms with Crippen molar-refractivity contribution in [3.63, 3.8) is 0 Å². The number of nitrogens with zero attached hydrogens (tertiary/aromatic N) is 1. The van der Waals surface area contributed by atoms with Crippen LogP contribution in [0.1, 0.15) is 31.7 Å². The standard InChI is InChI=1S/C15H18F3NO4S/c1-2-23-14(20)12-8-5-6-10-19(12)24(21,22)13-9-4-3-7-11(13)15(16,17)18/h3-4,7,9,12H,2,5-6,8,10H2,1H3. The number of alkyl halides is 3. The highest BCUT2D eigenvalue weighted by atomic mass is 32.2. The van der Waals surface area contributed by atoms with Crippen molar-refractivity contribution < 1.29 is 31.1 Å². The average Bonchev–Trinajstić information content (AvgIpc) is 2.54. The molecule has 134 valence electrons. The van der Waals surface area contributed by atoms with Gasteiger partial charge < -0.3 is 4.74 Å². The van der Waals surface area contributed by atoms with Crippen LogP contribution in [0.2, 0.25) is 0 Å². The Balaban J connectivity index is 2.47. The minimum Gasteiger partial charge on any atom is -0.465 e. The number of halogens is 3. The second-order valence-electron chi connectivity index (χ2n) is 5.37. The van der Waals surface area contributed by atoms with Gasteiger partial charge in [-0.3, -0.25) is 4.79 Å². The molecule has 0 amide bonds. The van der Waals surface area contributed by atoms with Crippen molar-refractivity contribution in [3.8, 4) is 0 Å². The largest absolute Gasteiger partial charge is 0.465 e. The van der Waals surface area contributed by atoms with Gasteiger partial charge in [-0.25, -0.2) is 8.42 Å². The molecule has 1 atom stereocenters. The third-order valence-corrected chi connectivity index (χ3v) is 5.76. The molecule has 0 radical (unpaired) electrons. The molecular formula is C15H18F3NO4S. The van der Waals surface area contributed by atoms with Crippen LogP contribution in [-0.2, 0) is 25.7 Å². The van der Waals surface area contributed by atoms with Gasteiger partial charge >= 0.3 is 12.1 Å². The molecule has 1 aliphatic heterocycles. The van der Waals surface area contributed by atoms with Crippen molar-refractivity contribution in [1.82, 2.24) is 4.31 Å². The van der Waals surface area contributed by atoms with Crippen LogP contribution in [0.3, 0.4) is 0 Å². The van der Waals surface area contributed by atoms with Crippen LogP contribution in [0.5, 0.6) is 0 Å². The van der Waals surface area contributed by atoms with E-state index in [4.69, 9.17) is 4.74 Å². The molecule has 1 unspecified atom stereocenters. The summed E-state index contributed by atoms with van der Waals surface area (Å²) in [6.45, 7) is 1.64. The summed E-state index contributed by atoms with van der Waals surface area (Å²) in [5.41, 5.74) is -1.24. The van der Waals surface area contributed by atoms with E-state index in [1.807, 2.05) is 0 Å². The Hall–Kier alpha value is -1.61. The lowest BCUT2D eigenvalue weighted by molar-refractivity contribution is -0.148. The van der Waals surface area contributed by atoms with Gasteiger partial charge in [-0.15, -0.1) is 0 Å². The van der Waals surface area contributed by atoms with Gasteiger partial charge in [-0.05, 0) is 38.3 Å². The Morgan fingerprint density at radius 1 is 1.29 bits per heavy atom. The molecule has 0 N–H and O–H groups in total. The van der Waals surface area contributed by atoms with E-state index in [0.717, 1.165) is 22.5 Å². The highest BCUT2D eigenvalue weighted by molar-refractivity contribution is 7.89. The van der Waals surface area contributed by atoms with Gasteiger partial charge in [0.2, 0.25) is 10.0 Å². The maximum Gasteiger partial charge on any atom is 0.417 e. The van der Waals surface area contributed by atoms with Gasteiger partial charge in [0.05, 0.1) is 17.1 Å². The molecule has 5 nitrogen and oxygen atoms in total. The number of esters is 1. The van der Waals surface area contributed by atoms with E-state index in [0.29, 0.717) is 12.8 Å². The summed E-state index contributed by atoms with van der Waals surface area (Å²) < 4.78 is 70.7. The molecule has 0 aromatic heterocycles. The van der Waals surface area contributed by atoms with Gasteiger partial charge in [0.15, 0.2) is 0 Å². The molecule has 1 aliphatic rings. The van der Waals surface area contributed by atoms with Crippen LogP contribution in [0.25, 0.3) is 0 Å². The number of rotatable bonds is 4. The summed E-state index contributed by atoms with van der Waals surface area (Å²) in [4.78, 5) is 11.2. The van der Waals surface area contributed by atoms with Crippen LogP contribution in [-0.4, -0.2) is 37.9 Å². The van der Waals surface area contributed by atoms with E-state index >= 15 is 0 Å². The van der Waals surface area contributed by atoms with E-state index in [9.17, 15) is 26.4 Å². The molecule has 9 heteroatoms. The Morgan fingerprint density at radius 2 is 1.96 bits per heavy atom. The normalized spacial score (nSPS) is 19.9. The van der Waals surface area contributed by atoms with Gasteiger partial charge in [0.25, 0.3) is 0 Å². The number of piperidine rings is 1. The van der Waals surface area contributed by atoms with Crippen LogP contribution < -0.4 is 0 Å². The third kappa shape index (κ3) is 3.72. The zero-order valence-corrected chi connectivity index (χ0v) is 13.9. The van der Waals surface area contributed by atoms with E-state index in [2.05, 4.69) is 0 Å². The summed E-state index contributed by atoms with van der Waals surface area (Å²) >= 11 is 0. The van der Waals surface area contributed by atoms with Crippen LogP contribution in [0.4, 0.5) is 13.2 Å². The molecule has 1 aromatic carbocycles. The number of benzene rings is 1. The average molecular weight is 365 g/mol. The van der Waals surface area contributed by atoms with E-state index < -0.39 is 38.7 Å². The molecule has 0 saturated carbocycles. The lowest BCUT2D eigenvalue weighted by Gasteiger charge is -2.33. The molecule has 2 rings (SSSR count). The Morgan fingerprint density at radius 3 is 2.58 bits per heavy atom. The first-order valence-corrected chi connectivity index (χ1v) is 8.98. The smallest absolute Gasteiger partial charge is 0.417 e. The van der Waals surface area contributed by atoms with Gasteiger partial charge in [0.1, 0.15) is 6.04 Å². The third-order valence-electron chi connectivity index (χ3n) is 3.79. The van der Waals surface area contributed by atoms with Crippen molar-refractivity contribution >= 4 is 16.0 Å². The Labute approximate surface area is 138 Å². The molecule has 0 bridgehead atoms. The lowest BCUT2D eigenvalue weighted by atomic mass is 10.1. The topological polar surface area (TPSA) is 63.7 Å². The Bertz CT molecular complexity index is 703. The van der Waals surface area contributed by atoms with Crippen molar-refractivity contribution in [1.29, 1.82) is 0 Å². The monoisotopic (exact) mass is 365 g/mol. The highest BCUT2D eigenvalue weighted by Crippen LogP contribution is 2.36. The number of carbonyl (C=O) groups is 1. The second kappa shape index (κ2) is 7.10. The summed E-state index contributed by atoms with van der Waals surface area (Å²) in [7, 11) is -4.48. The first-order chi connectivity index (χ1) is 11.2. The fourth-order valence-corrected chi connectivity index (χ4v) is 4.58. The van der Waals surface area contributed by atoms with Gasteiger partial charge in [0, 0.05) is 6.54 Å². The molecule has 1 fully saturated rings. The van der Waals surface area contributed by atoms with Crippen LogP contribution in [0.15, 0.2) is 29.2 Å². The summed E-state index contributed by atoms with van der Waals surface area (Å²) in [5.74, 6) is -0.731. The van der Waals surface area contributed by atoms with Crippen LogP contribution in [0, 0.1) is 0 Å². The van der Waals surface area contributed by atoms with Crippen molar-refractivity contribution in [3.05, 3.63) is 29.8 Å². The number of hydrogen-bond acceptors (Lipinski definition) is 4. The van der Waals surface area contributed by atoms with E-state index in [1.54, 1.807) is 6.92 Å². The number of carbonyl (C=O) groups excluding carboxylic acids is 1. The van der Waals surface area contributed by atoms with E-state index in [1.165, 1.54) is 6.07 Å². The molecular weight excluding hydrogens is 347 g/mol. The predicted molar refractivity (Wildman–Crippen MR) is 79.6 cm³/mol. The quantitative estimate of drug-likeness (QED) is 0.770. The summed E-state index contributed by atoms with van der Waals surface area (Å²) in [6.07, 6.45) is -3.50. The maximum atomic E-state index is 13.1. The zero-order valence-electron chi connectivity index (χ0n) is 13.0. The van der Waals surface area contributed by atoms with E-state index in [-0.39, 0.29) is 19.6 Å². The number of hydrogen-bond donors (Lipinski definition) is 0. The fourth-order valence-electron chi connectivity index (χ4n) is 2.72. The molecule has 1 aromatic rings. The molecule has 1 saturated heterocycles. The van der Waals surface area contributed by atoms with Gasteiger partial charge in [-0.2, -0.15) is 17.5 Å². The molecule has 0 aliphatic carbocycles. The fraction of sp³-hybridized carbons (Fsp3) is 0.533. The highest BCUT2D eigenvalue weighted by Gasteiger charge is 2.43. The first-order valence-electron chi connectivity index (χ1n) is 7.54. The van der Waals surface area contributed by atoms with Crippen molar-refractivity contribution in [2.75, 3.05) is 13.2 Å². The predicted octanol–water partition coefficient (Wildman–Crippen LogP) is 2.81. The summed E-state index contributed by atoms with van der Waals surface area (Å²) in [6, 6.07) is 2.89. The number of sulfonamides is 1. The minimum atomic E-state index is -4.81. The lowest BCUT2D eigenvalue weighted by Crippen LogP contribution is -2.48. The van der Waals surface area contributed by atoms with Crippen molar-refractivity contribution in [2.45, 2.75) is 43.3 Å².